The molecule has 1 aromatic carbocycles. The molecule has 0 heterocycles. The Hall–Kier alpha value is -1.47. The van der Waals surface area contributed by atoms with E-state index in [9.17, 15) is 17.6 Å². The van der Waals surface area contributed by atoms with E-state index in [-0.39, 0.29) is 0 Å². The average molecular weight is 302 g/mol. The lowest BCUT2D eigenvalue weighted by Gasteiger charge is -2.14. The van der Waals surface area contributed by atoms with Gasteiger partial charge in [0.05, 0.1) is 6.04 Å². The molecule has 0 aromatic heterocycles. The molecule has 0 aliphatic carbocycles. The number of halogens is 1. The number of hydrogen-bond donors (Lipinski definition) is 2. The molecule has 20 heavy (non-hydrogen) atoms. The summed E-state index contributed by atoms with van der Waals surface area (Å²) in [5.41, 5.74) is 0.620. The standard InChI is InChI=1S/C13H19FN2O3S/c1-4-7-15-13(17)10(3)16-20(18,19)12-8-9(2)5-6-11(12)14/h5-6,8,10,16H,4,7H2,1-3H3,(H,15,17). The van der Waals surface area contributed by atoms with Gasteiger partial charge in [-0.25, -0.2) is 12.8 Å². The molecule has 1 amide bonds. The molecule has 0 aliphatic heterocycles. The fourth-order valence-electron chi connectivity index (χ4n) is 1.57. The number of aryl methyl sites for hydroxylation is 1. The maximum absolute atomic E-state index is 13.6. The summed E-state index contributed by atoms with van der Waals surface area (Å²) in [5, 5.41) is 2.57. The first-order chi connectivity index (χ1) is 9.27. The van der Waals surface area contributed by atoms with Gasteiger partial charge in [-0.15, -0.1) is 0 Å². The molecule has 1 aromatic rings. The number of rotatable bonds is 6. The third-order valence-corrected chi connectivity index (χ3v) is 4.21. The van der Waals surface area contributed by atoms with Crippen LogP contribution in [0.4, 0.5) is 4.39 Å². The van der Waals surface area contributed by atoms with Gasteiger partial charge < -0.3 is 5.32 Å². The number of hydrogen-bond acceptors (Lipinski definition) is 3. The van der Waals surface area contributed by atoms with Crippen molar-refractivity contribution in [2.75, 3.05) is 6.54 Å². The van der Waals surface area contributed by atoms with Gasteiger partial charge in [-0.05, 0) is 38.0 Å². The quantitative estimate of drug-likeness (QED) is 0.832. The highest BCUT2D eigenvalue weighted by Crippen LogP contribution is 2.16. The number of carbonyl (C=O) groups excluding carboxylic acids is 1. The van der Waals surface area contributed by atoms with Gasteiger partial charge in [0.2, 0.25) is 15.9 Å². The molecular weight excluding hydrogens is 283 g/mol. The van der Waals surface area contributed by atoms with Crippen LogP contribution in [0.15, 0.2) is 23.1 Å². The summed E-state index contributed by atoms with van der Waals surface area (Å²) < 4.78 is 39.9. The van der Waals surface area contributed by atoms with E-state index in [1.165, 1.54) is 19.1 Å². The first-order valence-corrected chi connectivity index (χ1v) is 7.82. The summed E-state index contributed by atoms with van der Waals surface area (Å²) in [6.07, 6.45) is 0.748. The van der Waals surface area contributed by atoms with Crippen LogP contribution in [0, 0.1) is 12.7 Å². The third kappa shape index (κ3) is 4.28. The number of amides is 1. The van der Waals surface area contributed by atoms with Gasteiger partial charge in [0.1, 0.15) is 10.7 Å². The molecule has 0 saturated carbocycles. The summed E-state index contributed by atoms with van der Waals surface area (Å²) in [6, 6.07) is 2.83. The lowest BCUT2D eigenvalue weighted by Crippen LogP contribution is -2.45. The van der Waals surface area contributed by atoms with Crippen LogP contribution in [0.2, 0.25) is 0 Å². The van der Waals surface area contributed by atoms with Gasteiger partial charge in [-0.2, -0.15) is 4.72 Å². The average Bonchev–Trinajstić information content (AvgIpc) is 2.38. The van der Waals surface area contributed by atoms with Crippen LogP contribution in [0.25, 0.3) is 0 Å². The number of benzene rings is 1. The Balaban J connectivity index is 2.89. The highest BCUT2D eigenvalue weighted by atomic mass is 32.2. The van der Waals surface area contributed by atoms with E-state index < -0.39 is 32.7 Å². The van der Waals surface area contributed by atoms with Crippen LogP contribution in [-0.2, 0) is 14.8 Å². The second-order valence-electron chi connectivity index (χ2n) is 4.57. The summed E-state index contributed by atoms with van der Waals surface area (Å²) in [4.78, 5) is 11.2. The second kappa shape index (κ2) is 6.81. The Labute approximate surface area is 118 Å². The van der Waals surface area contributed by atoms with Gasteiger partial charge in [-0.1, -0.05) is 13.0 Å². The Bertz CT molecular complexity index is 587. The molecule has 2 N–H and O–H groups in total. The monoisotopic (exact) mass is 302 g/mol. The fraction of sp³-hybridized carbons (Fsp3) is 0.462. The minimum Gasteiger partial charge on any atom is -0.355 e. The van der Waals surface area contributed by atoms with Gasteiger partial charge in [-0.3, -0.25) is 4.79 Å². The zero-order valence-corrected chi connectivity index (χ0v) is 12.6. The molecule has 0 aliphatic rings. The molecule has 0 saturated heterocycles. The predicted octanol–water partition coefficient (Wildman–Crippen LogP) is 1.33. The van der Waals surface area contributed by atoms with Crippen molar-refractivity contribution in [1.29, 1.82) is 0 Å². The van der Waals surface area contributed by atoms with Crippen molar-refractivity contribution < 1.29 is 17.6 Å². The van der Waals surface area contributed by atoms with E-state index in [1.54, 1.807) is 6.92 Å². The Morgan fingerprint density at radius 3 is 2.65 bits per heavy atom. The number of sulfonamides is 1. The van der Waals surface area contributed by atoms with Gasteiger partial charge >= 0.3 is 0 Å². The molecule has 1 atom stereocenters. The van der Waals surface area contributed by atoms with E-state index in [4.69, 9.17) is 0 Å². The van der Waals surface area contributed by atoms with Crippen LogP contribution in [0.3, 0.4) is 0 Å². The van der Waals surface area contributed by atoms with Crippen LogP contribution in [-0.4, -0.2) is 26.9 Å². The SMILES string of the molecule is CCCNC(=O)C(C)NS(=O)(=O)c1cc(C)ccc1F. The van der Waals surface area contributed by atoms with Crippen molar-refractivity contribution >= 4 is 15.9 Å². The zero-order valence-electron chi connectivity index (χ0n) is 11.7. The first kappa shape index (κ1) is 16.6. The van der Waals surface area contributed by atoms with Gasteiger partial charge in [0, 0.05) is 6.54 Å². The highest BCUT2D eigenvalue weighted by Gasteiger charge is 2.24. The summed E-state index contributed by atoms with van der Waals surface area (Å²) in [6.45, 7) is 5.42. The number of nitrogens with one attached hydrogen (secondary N) is 2. The first-order valence-electron chi connectivity index (χ1n) is 6.34. The zero-order chi connectivity index (χ0) is 15.3. The normalized spacial score (nSPS) is 13.0. The van der Waals surface area contributed by atoms with E-state index >= 15 is 0 Å². The van der Waals surface area contributed by atoms with Crippen LogP contribution in [0.1, 0.15) is 25.8 Å². The van der Waals surface area contributed by atoms with Gasteiger partial charge in [0.15, 0.2) is 0 Å². The lowest BCUT2D eigenvalue weighted by atomic mass is 10.2. The Kier molecular flexibility index (Phi) is 5.64. The molecule has 0 fully saturated rings. The molecule has 1 unspecified atom stereocenters. The largest absolute Gasteiger partial charge is 0.355 e. The topological polar surface area (TPSA) is 75.3 Å². The molecule has 112 valence electrons. The van der Waals surface area contributed by atoms with E-state index in [2.05, 4.69) is 10.0 Å². The highest BCUT2D eigenvalue weighted by molar-refractivity contribution is 7.89. The van der Waals surface area contributed by atoms with Crippen molar-refractivity contribution in [1.82, 2.24) is 10.0 Å². The Morgan fingerprint density at radius 2 is 2.05 bits per heavy atom. The maximum atomic E-state index is 13.6. The van der Waals surface area contributed by atoms with E-state index in [1.807, 2.05) is 6.92 Å². The van der Waals surface area contributed by atoms with Gasteiger partial charge in [0.25, 0.3) is 0 Å². The molecule has 0 bridgehead atoms. The molecule has 0 spiro atoms. The minimum atomic E-state index is -4.07. The fourth-order valence-corrected chi connectivity index (χ4v) is 2.93. The van der Waals surface area contributed by atoms with Crippen LogP contribution < -0.4 is 10.0 Å². The van der Waals surface area contributed by atoms with Crippen molar-refractivity contribution in [3.05, 3.63) is 29.6 Å². The molecular formula is C13H19FN2O3S. The summed E-state index contributed by atoms with van der Waals surface area (Å²) >= 11 is 0. The van der Waals surface area contributed by atoms with E-state index in [0.717, 1.165) is 12.5 Å². The minimum absolute atomic E-state index is 0.441. The summed E-state index contributed by atoms with van der Waals surface area (Å²) in [5.74, 6) is -1.28. The summed E-state index contributed by atoms with van der Waals surface area (Å²) in [7, 11) is -4.07. The van der Waals surface area contributed by atoms with Crippen LogP contribution >= 0.6 is 0 Å². The molecule has 1 rings (SSSR count). The third-order valence-electron chi connectivity index (χ3n) is 2.65. The molecule has 7 heteroatoms. The Morgan fingerprint density at radius 1 is 1.40 bits per heavy atom. The van der Waals surface area contributed by atoms with Crippen molar-refractivity contribution in [3.63, 3.8) is 0 Å². The molecule has 0 radical (unpaired) electrons. The lowest BCUT2D eigenvalue weighted by molar-refractivity contribution is -0.122. The number of carbonyl (C=O) groups is 1. The molecule has 5 nitrogen and oxygen atoms in total. The maximum Gasteiger partial charge on any atom is 0.244 e. The van der Waals surface area contributed by atoms with Crippen molar-refractivity contribution in [2.45, 2.75) is 38.1 Å². The smallest absolute Gasteiger partial charge is 0.244 e. The van der Waals surface area contributed by atoms with Crippen molar-refractivity contribution in [2.24, 2.45) is 0 Å². The second-order valence-corrected chi connectivity index (χ2v) is 6.25. The van der Waals surface area contributed by atoms with Crippen molar-refractivity contribution in [3.8, 4) is 0 Å². The predicted molar refractivity (Wildman–Crippen MR) is 74.2 cm³/mol. The van der Waals surface area contributed by atoms with Crippen LogP contribution in [0.5, 0.6) is 0 Å². The van der Waals surface area contributed by atoms with E-state index in [0.29, 0.717) is 12.1 Å².